The van der Waals surface area contributed by atoms with Gasteiger partial charge in [-0.05, 0) is 46.0 Å². The third-order valence-electron chi connectivity index (χ3n) is 3.54. The van der Waals surface area contributed by atoms with Gasteiger partial charge in [0.15, 0.2) is 0 Å². The molecule has 0 fully saturated rings. The van der Waals surface area contributed by atoms with Gasteiger partial charge in [-0.1, -0.05) is 13.8 Å². The van der Waals surface area contributed by atoms with Gasteiger partial charge >= 0.3 is 17.5 Å². The zero-order chi connectivity index (χ0) is 20.1. The topological polar surface area (TPSA) is 139 Å². The van der Waals surface area contributed by atoms with E-state index in [9.17, 15) is 17.4 Å². The van der Waals surface area contributed by atoms with Crippen LogP contribution in [0, 0.1) is 5.41 Å². The zero-order valence-electron chi connectivity index (χ0n) is 15.4. The Hall–Kier alpha value is -0.750. The van der Waals surface area contributed by atoms with Gasteiger partial charge in [-0.15, -0.1) is 0 Å². The lowest BCUT2D eigenvalue weighted by Crippen LogP contribution is -2.44. The standard InChI is InChI=1S/C14H29NO8S2/c1-10(23-24(17)18)14(5,6)9-11(7-8-25(19,20)21)15-12(16)22-13(2,3)4/h10-11H,7-9H2,1-6H3,(H,15,16)(H,17,18)(H,19,20,21)/t10?,11-/m1/s1. The first-order chi connectivity index (χ1) is 11.0. The predicted octanol–water partition coefficient (Wildman–Crippen LogP) is 2.12. The summed E-state index contributed by atoms with van der Waals surface area (Å²) in [5.41, 5.74) is -1.39. The summed E-state index contributed by atoms with van der Waals surface area (Å²) in [4.78, 5) is 12.0. The monoisotopic (exact) mass is 403 g/mol. The van der Waals surface area contributed by atoms with E-state index in [1.807, 2.05) is 0 Å². The predicted molar refractivity (Wildman–Crippen MR) is 93.9 cm³/mol. The summed E-state index contributed by atoms with van der Waals surface area (Å²) in [6.45, 7) is 10.2. The van der Waals surface area contributed by atoms with Crippen LogP contribution in [0.4, 0.5) is 4.79 Å². The molecule has 0 radical (unpaired) electrons. The minimum absolute atomic E-state index is 0.0452. The SMILES string of the molecule is CC(OS(=O)O)C(C)(C)C[C@@H](CCS(=O)(=O)O)NC(=O)OC(C)(C)C. The Labute approximate surface area is 152 Å². The maximum Gasteiger partial charge on any atom is 0.407 e. The fourth-order valence-corrected chi connectivity index (χ4v) is 3.14. The van der Waals surface area contributed by atoms with Crippen molar-refractivity contribution in [1.29, 1.82) is 0 Å². The van der Waals surface area contributed by atoms with Crippen LogP contribution in [0.1, 0.15) is 54.4 Å². The van der Waals surface area contributed by atoms with E-state index >= 15 is 0 Å². The number of hydrogen-bond donors (Lipinski definition) is 3. The molecule has 0 heterocycles. The Kier molecular flexibility index (Phi) is 8.99. The van der Waals surface area contributed by atoms with Crippen molar-refractivity contribution in [1.82, 2.24) is 5.32 Å². The summed E-state index contributed by atoms with van der Waals surface area (Å²) in [7, 11) is -4.20. The van der Waals surface area contributed by atoms with Crippen LogP contribution in [0.3, 0.4) is 0 Å². The van der Waals surface area contributed by atoms with Gasteiger partial charge in [-0.25, -0.2) is 4.79 Å². The maximum absolute atomic E-state index is 12.0. The van der Waals surface area contributed by atoms with Crippen molar-refractivity contribution in [3.8, 4) is 0 Å². The van der Waals surface area contributed by atoms with E-state index in [-0.39, 0.29) is 12.8 Å². The minimum Gasteiger partial charge on any atom is -0.444 e. The van der Waals surface area contributed by atoms with Crippen LogP contribution in [-0.4, -0.2) is 51.3 Å². The molecule has 0 aromatic heterocycles. The van der Waals surface area contributed by atoms with Crippen molar-refractivity contribution in [2.24, 2.45) is 5.41 Å². The van der Waals surface area contributed by atoms with Crippen molar-refractivity contribution in [3.05, 3.63) is 0 Å². The van der Waals surface area contributed by atoms with E-state index in [4.69, 9.17) is 18.0 Å². The second-order valence-electron chi connectivity index (χ2n) is 7.57. The summed E-state index contributed by atoms with van der Waals surface area (Å²) in [5.74, 6) is -0.537. The number of hydrogen-bond acceptors (Lipinski definition) is 6. The molecule has 0 aliphatic carbocycles. The lowest BCUT2D eigenvalue weighted by molar-refractivity contribution is 0.0433. The third kappa shape index (κ3) is 12.3. The molecular weight excluding hydrogens is 374 g/mol. The molecule has 11 heteroatoms. The highest BCUT2D eigenvalue weighted by Gasteiger charge is 2.33. The number of amides is 1. The Morgan fingerprint density at radius 2 is 1.76 bits per heavy atom. The second kappa shape index (κ2) is 9.26. The van der Waals surface area contributed by atoms with Crippen molar-refractivity contribution in [2.45, 2.75) is 72.1 Å². The third-order valence-corrected chi connectivity index (χ3v) is 4.75. The first-order valence-corrected chi connectivity index (χ1v) is 10.4. The average molecular weight is 404 g/mol. The molecule has 0 spiro atoms. The van der Waals surface area contributed by atoms with Crippen molar-refractivity contribution in [3.63, 3.8) is 0 Å². The van der Waals surface area contributed by atoms with Gasteiger partial charge in [-0.3, -0.25) is 13.3 Å². The molecule has 1 amide bonds. The molecule has 0 bridgehead atoms. The molecule has 0 aliphatic rings. The molecule has 2 unspecified atom stereocenters. The van der Waals surface area contributed by atoms with Gasteiger partial charge in [-0.2, -0.15) is 12.6 Å². The molecule has 3 atom stereocenters. The Balaban J connectivity index is 5.11. The van der Waals surface area contributed by atoms with Gasteiger partial charge in [0.1, 0.15) is 5.60 Å². The lowest BCUT2D eigenvalue weighted by atomic mass is 9.80. The van der Waals surface area contributed by atoms with Gasteiger partial charge in [0.05, 0.1) is 11.9 Å². The molecule has 0 rings (SSSR count). The first kappa shape index (κ1) is 24.2. The Morgan fingerprint density at radius 1 is 1.24 bits per heavy atom. The smallest absolute Gasteiger partial charge is 0.407 e. The van der Waals surface area contributed by atoms with E-state index in [2.05, 4.69) is 5.32 Å². The van der Waals surface area contributed by atoms with Gasteiger partial charge in [0.2, 0.25) is 0 Å². The molecule has 150 valence electrons. The molecule has 25 heavy (non-hydrogen) atoms. The summed E-state index contributed by atoms with van der Waals surface area (Å²) >= 11 is -2.45. The fourth-order valence-electron chi connectivity index (χ4n) is 2.05. The highest BCUT2D eigenvalue weighted by Crippen LogP contribution is 2.30. The highest BCUT2D eigenvalue weighted by atomic mass is 32.2. The van der Waals surface area contributed by atoms with Gasteiger partial charge in [0.25, 0.3) is 10.1 Å². The van der Waals surface area contributed by atoms with E-state index in [0.29, 0.717) is 0 Å². The zero-order valence-corrected chi connectivity index (χ0v) is 17.1. The number of alkyl carbamates (subject to hydrolysis) is 1. The molecule has 0 aromatic carbocycles. The number of carbonyl (C=O) groups is 1. The summed E-state index contributed by atoms with van der Waals surface area (Å²) in [5, 5.41) is 2.58. The normalized spacial score (nSPS) is 16.8. The van der Waals surface area contributed by atoms with Crippen molar-refractivity contribution < 1.29 is 35.4 Å². The molecule has 3 N–H and O–H groups in total. The fraction of sp³-hybridized carbons (Fsp3) is 0.929. The van der Waals surface area contributed by atoms with E-state index in [1.165, 1.54) is 0 Å². The maximum atomic E-state index is 12.0. The van der Waals surface area contributed by atoms with Crippen LogP contribution >= 0.6 is 0 Å². The van der Waals surface area contributed by atoms with E-state index < -0.39 is 56.5 Å². The molecule has 0 saturated carbocycles. The second-order valence-corrected chi connectivity index (χ2v) is 9.76. The van der Waals surface area contributed by atoms with E-state index in [0.717, 1.165) is 0 Å². The molecule has 0 aliphatic heterocycles. The van der Waals surface area contributed by atoms with Crippen molar-refractivity contribution in [2.75, 3.05) is 5.75 Å². The lowest BCUT2D eigenvalue weighted by Gasteiger charge is -2.34. The number of nitrogens with one attached hydrogen (secondary N) is 1. The van der Waals surface area contributed by atoms with Crippen LogP contribution in [0.15, 0.2) is 0 Å². The van der Waals surface area contributed by atoms with Crippen molar-refractivity contribution >= 4 is 27.6 Å². The number of ether oxygens (including phenoxy) is 1. The Bertz CT molecular complexity index is 568. The largest absolute Gasteiger partial charge is 0.444 e. The quantitative estimate of drug-likeness (QED) is 0.393. The van der Waals surface area contributed by atoms with Gasteiger partial charge in [0, 0.05) is 6.04 Å². The van der Waals surface area contributed by atoms with Crippen LogP contribution in [0.2, 0.25) is 0 Å². The highest BCUT2D eigenvalue weighted by molar-refractivity contribution is 7.85. The minimum atomic E-state index is -4.20. The summed E-state index contributed by atoms with van der Waals surface area (Å²) in [6, 6.07) is -0.648. The van der Waals surface area contributed by atoms with E-state index in [1.54, 1.807) is 41.5 Å². The summed E-state index contributed by atoms with van der Waals surface area (Å²) < 4.78 is 60.7. The first-order valence-electron chi connectivity index (χ1n) is 7.74. The molecule has 9 nitrogen and oxygen atoms in total. The molecular formula is C14H29NO8S2. The van der Waals surface area contributed by atoms with Crippen LogP contribution < -0.4 is 5.32 Å². The van der Waals surface area contributed by atoms with Crippen LogP contribution in [0.5, 0.6) is 0 Å². The van der Waals surface area contributed by atoms with Gasteiger partial charge < -0.3 is 10.1 Å². The average Bonchev–Trinajstić information content (AvgIpc) is 2.31. The Morgan fingerprint density at radius 3 is 2.16 bits per heavy atom. The summed E-state index contributed by atoms with van der Waals surface area (Å²) in [6.07, 6.45) is -1.17. The molecule has 0 saturated heterocycles. The van der Waals surface area contributed by atoms with Crippen LogP contribution in [0.25, 0.3) is 0 Å². The van der Waals surface area contributed by atoms with Crippen LogP contribution in [-0.2, 0) is 30.4 Å². The number of carbonyl (C=O) groups excluding carboxylic acids is 1. The molecule has 0 aromatic rings. The number of rotatable bonds is 9.